The Morgan fingerprint density at radius 3 is 2.44 bits per heavy atom. The van der Waals surface area contributed by atoms with Gasteiger partial charge >= 0.3 is 6.03 Å². The third kappa shape index (κ3) is 3.72. The summed E-state index contributed by atoms with van der Waals surface area (Å²) in [6, 6.07) is 9.73. The first kappa shape index (κ1) is 21.8. The van der Waals surface area contributed by atoms with Crippen LogP contribution in [0.4, 0.5) is 4.79 Å². The van der Waals surface area contributed by atoms with Crippen LogP contribution >= 0.6 is 0 Å². The number of benzene rings is 1. The molecule has 34 heavy (non-hydrogen) atoms. The molecular formula is C23H24N4O7. The molecule has 11 heteroatoms. The minimum atomic E-state index is -1.35. The van der Waals surface area contributed by atoms with Crippen LogP contribution in [0.5, 0.6) is 11.5 Å². The number of carbonyl (C=O) groups is 4. The van der Waals surface area contributed by atoms with Crippen LogP contribution in [0.1, 0.15) is 12.7 Å². The van der Waals surface area contributed by atoms with E-state index in [9.17, 15) is 19.2 Å². The average Bonchev–Trinajstić information content (AvgIpc) is 3.48. The van der Waals surface area contributed by atoms with E-state index in [4.69, 9.17) is 13.9 Å². The molecule has 5 amide bonds. The summed E-state index contributed by atoms with van der Waals surface area (Å²) >= 11 is 0. The van der Waals surface area contributed by atoms with Crippen LogP contribution in [0, 0.1) is 0 Å². The SMILES string of the molecule is C[C@@]1(c2ccco2)NC(=O)N(CC(=O)N2CCN(C(=O)[C@H]3COc4ccccc4O3)CC2)C1=O. The van der Waals surface area contributed by atoms with Crippen molar-refractivity contribution in [3.05, 3.63) is 48.4 Å². The highest BCUT2D eigenvalue weighted by Gasteiger charge is 2.51. The number of furan rings is 1. The Bertz CT molecular complexity index is 1130. The van der Waals surface area contributed by atoms with Crippen molar-refractivity contribution >= 4 is 23.8 Å². The second-order valence-corrected chi connectivity index (χ2v) is 8.49. The number of amides is 5. The van der Waals surface area contributed by atoms with Gasteiger partial charge in [-0.1, -0.05) is 12.1 Å². The number of hydrogen-bond acceptors (Lipinski definition) is 7. The van der Waals surface area contributed by atoms with Crippen molar-refractivity contribution < 1.29 is 33.1 Å². The molecule has 0 radical (unpaired) electrons. The maximum Gasteiger partial charge on any atom is 0.325 e. The Balaban J connectivity index is 1.16. The van der Waals surface area contributed by atoms with E-state index >= 15 is 0 Å². The Morgan fingerprint density at radius 2 is 1.74 bits per heavy atom. The zero-order valence-corrected chi connectivity index (χ0v) is 18.6. The number of imide groups is 1. The fraction of sp³-hybridized carbons (Fsp3) is 0.391. The topological polar surface area (TPSA) is 122 Å². The second kappa shape index (κ2) is 8.40. The quantitative estimate of drug-likeness (QED) is 0.651. The molecule has 5 rings (SSSR count). The smallest absolute Gasteiger partial charge is 0.325 e. The van der Waals surface area contributed by atoms with E-state index in [1.807, 2.05) is 12.1 Å². The fourth-order valence-corrected chi connectivity index (χ4v) is 4.33. The predicted octanol–water partition coefficient (Wildman–Crippen LogP) is 0.557. The molecule has 3 aliphatic heterocycles. The van der Waals surface area contributed by atoms with Gasteiger partial charge < -0.3 is 29.0 Å². The molecule has 0 saturated carbocycles. The molecule has 0 spiro atoms. The van der Waals surface area contributed by atoms with E-state index in [2.05, 4.69) is 5.32 Å². The van der Waals surface area contributed by atoms with E-state index in [1.54, 1.807) is 34.1 Å². The van der Waals surface area contributed by atoms with Gasteiger partial charge in [-0.25, -0.2) is 4.79 Å². The molecule has 0 unspecified atom stereocenters. The molecule has 3 aliphatic rings. The van der Waals surface area contributed by atoms with Crippen molar-refractivity contribution in [2.75, 3.05) is 39.3 Å². The number of carbonyl (C=O) groups excluding carboxylic acids is 4. The van der Waals surface area contributed by atoms with Gasteiger partial charge in [-0.2, -0.15) is 0 Å². The summed E-state index contributed by atoms with van der Waals surface area (Å²) in [4.78, 5) is 55.1. The van der Waals surface area contributed by atoms with Crippen LogP contribution in [-0.2, 0) is 19.9 Å². The van der Waals surface area contributed by atoms with E-state index in [0.717, 1.165) is 4.90 Å². The number of rotatable bonds is 4. The second-order valence-electron chi connectivity index (χ2n) is 8.49. The lowest BCUT2D eigenvalue weighted by atomic mass is 9.99. The monoisotopic (exact) mass is 468 g/mol. The number of fused-ring (bicyclic) bond motifs is 1. The van der Waals surface area contributed by atoms with Gasteiger partial charge in [-0.3, -0.25) is 19.3 Å². The van der Waals surface area contributed by atoms with E-state index in [-0.39, 0.29) is 38.1 Å². The van der Waals surface area contributed by atoms with Crippen LogP contribution in [-0.4, -0.2) is 83.9 Å². The molecule has 11 nitrogen and oxygen atoms in total. The number of para-hydroxylation sites is 2. The number of nitrogens with zero attached hydrogens (tertiary/aromatic N) is 3. The molecule has 178 valence electrons. The van der Waals surface area contributed by atoms with Gasteiger partial charge in [0.1, 0.15) is 18.9 Å². The van der Waals surface area contributed by atoms with Crippen molar-refractivity contribution in [1.29, 1.82) is 0 Å². The lowest BCUT2D eigenvalue weighted by Crippen LogP contribution is -2.56. The number of urea groups is 1. The van der Waals surface area contributed by atoms with Gasteiger partial charge in [0.15, 0.2) is 17.0 Å². The molecule has 0 aliphatic carbocycles. The standard InChI is InChI=1S/C23H24N4O7/c1-23(18-7-4-12-32-18)21(30)27(22(31)24-23)13-19(28)25-8-10-26(11-9-25)20(29)17-14-33-15-5-2-3-6-16(15)34-17/h2-7,12,17H,8-11,13-14H2,1H3,(H,24,31)/t17-,23+/m1/s1. The van der Waals surface area contributed by atoms with Crippen LogP contribution in [0.2, 0.25) is 0 Å². The average molecular weight is 468 g/mol. The van der Waals surface area contributed by atoms with Crippen molar-refractivity contribution in [3.8, 4) is 11.5 Å². The number of piperazine rings is 1. The highest BCUT2D eigenvalue weighted by Crippen LogP contribution is 2.31. The first-order chi connectivity index (χ1) is 16.4. The lowest BCUT2D eigenvalue weighted by Gasteiger charge is -2.37. The van der Waals surface area contributed by atoms with Gasteiger partial charge in [0, 0.05) is 26.2 Å². The zero-order chi connectivity index (χ0) is 23.9. The Hall–Kier alpha value is -4.02. The molecule has 0 bridgehead atoms. The van der Waals surface area contributed by atoms with E-state index < -0.39 is 23.6 Å². The van der Waals surface area contributed by atoms with Crippen LogP contribution < -0.4 is 14.8 Å². The molecule has 2 saturated heterocycles. The van der Waals surface area contributed by atoms with Crippen LogP contribution in [0.25, 0.3) is 0 Å². The maximum atomic E-state index is 12.9. The Labute approximate surface area is 195 Å². The van der Waals surface area contributed by atoms with Gasteiger partial charge in [-0.15, -0.1) is 0 Å². The number of nitrogens with one attached hydrogen (secondary N) is 1. The highest BCUT2D eigenvalue weighted by molar-refractivity contribution is 6.08. The highest BCUT2D eigenvalue weighted by atomic mass is 16.6. The van der Waals surface area contributed by atoms with Crippen LogP contribution in [0.15, 0.2) is 47.1 Å². The summed E-state index contributed by atoms with van der Waals surface area (Å²) in [5.74, 6) is 0.297. The van der Waals surface area contributed by atoms with Gasteiger partial charge in [0.25, 0.3) is 11.8 Å². The summed E-state index contributed by atoms with van der Waals surface area (Å²) < 4.78 is 16.7. The van der Waals surface area contributed by atoms with Crippen molar-refractivity contribution in [3.63, 3.8) is 0 Å². The minimum absolute atomic E-state index is 0.121. The van der Waals surface area contributed by atoms with Crippen molar-refractivity contribution in [1.82, 2.24) is 20.0 Å². The van der Waals surface area contributed by atoms with Gasteiger partial charge in [0.2, 0.25) is 12.0 Å². The third-order valence-electron chi connectivity index (χ3n) is 6.31. The summed E-state index contributed by atoms with van der Waals surface area (Å²) in [6.07, 6.45) is 0.667. The molecule has 1 aromatic carbocycles. The number of hydrogen-bond donors (Lipinski definition) is 1. The van der Waals surface area contributed by atoms with Crippen LogP contribution in [0.3, 0.4) is 0 Å². The first-order valence-electron chi connectivity index (χ1n) is 11.0. The minimum Gasteiger partial charge on any atom is -0.485 e. The van der Waals surface area contributed by atoms with E-state index in [1.165, 1.54) is 13.2 Å². The number of ether oxygens (including phenoxy) is 2. The molecule has 1 N–H and O–H groups in total. The normalized spacial score (nSPS) is 24.3. The summed E-state index contributed by atoms with van der Waals surface area (Å²) in [7, 11) is 0. The molecule has 2 fully saturated rings. The lowest BCUT2D eigenvalue weighted by molar-refractivity contribution is -0.147. The Morgan fingerprint density at radius 1 is 1.03 bits per heavy atom. The zero-order valence-electron chi connectivity index (χ0n) is 18.6. The molecule has 2 aromatic rings. The van der Waals surface area contributed by atoms with E-state index in [0.29, 0.717) is 30.3 Å². The maximum absolute atomic E-state index is 12.9. The first-order valence-corrected chi connectivity index (χ1v) is 11.0. The molecule has 4 heterocycles. The van der Waals surface area contributed by atoms with Crippen molar-refractivity contribution in [2.24, 2.45) is 0 Å². The predicted molar refractivity (Wildman–Crippen MR) is 116 cm³/mol. The van der Waals surface area contributed by atoms with Gasteiger partial charge in [-0.05, 0) is 31.2 Å². The van der Waals surface area contributed by atoms with Crippen molar-refractivity contribution in [2.45, 2.75) is 18.6 Å². The molecular weight excluding hydrogens is 444 g/mol. The molecule has 1 aromatic heterocycles. The largest absolute Gasteiger partial charge is 0.485 e. The molecule has 2 atom stereocenters. The van der Waals surface area contributed by atoms with Gasteiger partial charge in [0.05, 0.1) is 6.26 Å². The summed E-state index contributed by atoms with van der Waals surface area (Å²) in [5.41, 5.74) is -1.35. The Kier molecular flexibility index (Phi) is 5.39. The third-order valence-corrected chi connectivity index (χ3v) is 6.31. The fourth-order valence-electron chi connectivity index (χ4n) is 4.33. The summed E-state index contributed by atoms with van der Waals surface area (Å²) in [5, 5.41) is 2.60. The summed E-state index contributed by atoms with van der Waals surface area (Å²) in [6.45, 7) is 2.48.